The molecule has 3 heterocycles. The van der Waals surface area contributed by atoms with Crippen molar-refractivity contribution in [1.29, 1.82) is 0 Å². The number of nitrogens with zero attached hydrogens (tertiary/aromatic N) is 4. The highest BCUT2D eigenvalue weighted by molar-refractivity contribution is 9.10. The molecule has 0 saturated carbocycles. The zero-order valence-electron chi connectivity index (χ0n) is 27.3. The van der Waals surface area contributed by atoms with Crippen LogP contribution in [-0.2, 0) is 20.9 Å². The van der Waals surface area contributed by atoms with Gasteiger partial charge >= 0.3 is 12.0 Å². The molecule has 5 rings (SSSR count). The number of likely N-dealkylation sites (N-methyl/N-ethyl adjacent to an activating group) is 1. The molecule has 0 spiro atoms. The number of hydrogen-bond acceptors (Lipinski definition) is 11. The lowest BCUT2D eigenvalue weighted by atomic mass is 9.77. The van der Waals surface area contributed by atoms with E-state index in [1.54, 1.807) is 0 Å². The van der Waals surface area contributed by atoms with Gasteiger partial charge in [0.15, 0.2) is 0 Å². The van der Waals surface area contributed by atoms with Gasteiger partial charge in [-0.1, -0.05) is 58.4 Å². The van der Waals surface area contributed by atoms with Gasteiger partial charge in [0, 0.05) is 39.3 Å². The number of esters is 1. The summed E-state index contributed by atoms with van der Waals surface area (Å²) < 4.78 is 29.2. The predicted octanol–water partition coefficient (Wildman–Crippen LogP) is 3.87. The maximum atomic E-state index is 12.5. The molecule has 1 aliphatic carbocycles. The number of piperazine rings is 1. The van der Waals surface area contributed by atoms with Crippen molar-refractivity contribution in [3.63, 3.8) is 0 Å². The normalized spacial score (nSPS) is 25.2. The lowest BCUT2D eigenvalue weighted by molar-refractivity contribution is -0.147. The maximum Gasteiger partial charge on any atom is 0.323 e. The summed E-state index contributed by atoms with van der Waals surface area (Å²) in [6, 6.07) is 10.0. The van der Waals surface area contributed by atoms with Crippen LogP contribution in [0.5, 0.6) is 17.8 Å². The Kier molecular flexibility index (Phi) is 11.7. The van der Waals surface area contributed by atoms with Crippen molar-refractivity contribution in [1.82, 2.24) is 25.1 Å². The van der Waals surface area contributed by atoms with Crippen molar-refractivity contribution in [3.8, 4) is 17.8 Å². The van der Waals surface area contributed by atoms with Gasteiger partial charge in [-0.2, -0.15) is 9.97 Å². The third-order valence-electron chi connectivity index (χ3n) is 9.00. The number of rotatable bonds is 14. The van der Waals surface area contributed by atoms with Crippen molar-refractivity contribution in [2.45, 2.75) is 48.8 Å². The second-order valence-corrected chi connectivity index (χ2v) is 13.7. The molecule has 1 aromatic heterocycles. The second-order valence-electron chi connectivity index (χ2n) is 12.1. The number of hydrogen-bond donors (Lipinski definition) is 1. The van der Waals surface area contributed by atoms with Gasteiger partial charge in [0.25, 0.3) is 0 Å². The van der Waals surface area contributed by atoms with E-state index in [2.05, 4.69) is 73.2 Å². The van der Waals surface area contributed by atoms with Gasteiger partial charge in [-0.3, -0.25) is 4.79 Å². The first kappa shape index (κ1) is 34.3. The van der Waals surface area contributed by atoms with E-state index in [9.17, 15) is 4.79 Å². The molecule has 2 aliphatic heterocycles. The van der Waals surface area contributed by atoms with Crippen LogP contribution < -0.4 is 19.5 Å². The van der Waals surface area contributed by atoms with Crippen LogP contribution in [0.3, 0.4) is 0 Å². The van der Waals surface area contributed by atoms with Gasteiger partial charge < -0.3 is 38.8 Å². The quantitative estimate of drug-likeness (QED) is 0.177. The Balaban J connectivity index is 1.33. The fraction of sp³-hybridized carbons (Fsp3) is 0.559. The van der Waals surface area contributed by atoms with E-state index in [1.807, 2.05) is 30.4 Å². The minimum atomic E-state index is -0.901. The molecular weight excluding hydrogens is 654 g/mol. The van der Waals surface area contributed by atoms with Crippen molar-refractivity contribution < 1.29 is 28.5 Å². The highest BCUT2D eigenvalue weighted by Gasteiger charge is 2.51. The van der Waals surface area contributed by atoms with Crippen molar-refractivity contribution >= 4 is 27.5 Å². The summed E-state index contributed by atoms with van der Waals surface area (Å²) in [6.07, 6.45) is 8.74. The zero-order valence-corrected chi connectivity index (χ0v) is 28.9. The van der Waals surface area contributed by atoms with Gasteiger partial charge in [0.05, 0.1) is 18.5 Å². The van der Waals surface area contributed by atoms with E-state index in [0.717, 1.165) is 69.7 Å². The summed E-state index contributed by atoms with van der Waals surface area (Å²) in [4.78, 5) is 26.4. The number of nitrogens with one attached hydrogen (secondary N) is 1. The Labute approximate surface area is 280 Å². The Morgan fingerprint density at radius 2 is 1.80 bits per heavy atom. The molecule has 3 aliphatic rings. The Morgan fingerprint density at radius 1 is 1.09 bits per heavy atom. The highest BCUT2D eigenvalue weighted by atomic mass is 79.9. The largest absolute Gasteiger partial charge is 0.480 e. The molecule has 2 saturated heterocycles. The highest BCUT2D eigenvalue weighted by Crippen LogP contribution is 2.48. The van der Waals surface area contributed by atoms with Gasteiger partial charge in [-0.15, -0.1) is 0 Å². The second kappa shape index (κ2) is 15.7. The van der Waals surface area contributed by atoms with E-state index in [1.165, 1.54) is 14.2 Å². The summed E-state index contributed by atoms with van der Waals surface area (Å²) >= 11 is 4.07. The lowest BCUT2D eigenvalue weighted by Crippen LogP contribution is -2.55. The molecule has 2 fully saturated rings. The molecule has 2 aromatic rings. The standard InChI is InChI=1S/C34H46BrN5O6/c1-33(35)27(25-11-6-5-7-12-25)13-8-15-34(33,46-22-10-17-40-20-18-39(2)19-21-40)24-45-32-37-29(42-3)26(30(38-32)43-4)23-44-31(41)28-14-9-16-36-28/h5-8,11-13,15,28,36H,9-10,14,16-24H2,1-4H3/t28-,33?,34?/m0/s1. The van der Waals surface area contributed by atoms with Crippen LogP contribution in [0.4, 0.5) is 0 Å². The van der Waals surface area contributed by atoms with Crippen LogP contribution in [0.25, 0.3) is 5.57 Å². The molecule has 1 N–H and O–H groups in total. The van der Waals surface area contributed by atoms with Gasteiger partial charge in [0.2, 0.25) is 11.8 Å². The zero-order chi connectivity index (χ0) is 32.6. The van der Waals surface area contributed by atoms with Crippen molar-refractivity contribution in [2.24, 2.45) is 0 Å². The van der Waals surface area contributed by atoms with Crippen LogP contribution in [0.1, 0.15) is 37.3 Å². The number of aromatic nitrogens is 2. The Bertz CT molecular complexity index is 1350. The minimum Gasteiger partial charge on any atom is -0.480 e. The molecule has 12 heteroatoms. The van der Waals surface area contributed by atoms with Gasteiger partial charge in [-0.05, 0) is 57.0 Å². The summed E-state index contributed by atoms with van der Waals surface area (Å²) in [6.45, 7) is 8.73. The van der Waals surface area contributed by atoms with E-state index < -0.39 is 9.93 Å². The molecule has 0 amide bonds. The van der Waals surface area contributed by atoms with Gasteiger partial charge in [0.1, 0.15) is 30.4 Å². The molecule has 2 unspecified atom stereocenters. The third-order valence-corrected chi connectivity index (χ3v) is 10.1. The SMILES string of the molecule is COc1nc(OCC2(OCCCN3CCN(C)CC3)C=CC=C(c3ccccc3)C2(C)Br)nc(OC)c1COC(=O)[C@@H]1CCCN1. The molecule has 46 heavy (non-hydrogen) atoms. The number of carbonyl (C=O) groups excluding carboxylic acids is 1. The summed E-state index contributed by atoms with van der Waals surface area (Å²) in [5.74, 6) is 0.0975. The fourth-order valence-corrected chi connectivity index (χ4v) is 6.82. The maximum absolute atomic E-state index is 12.5. The van der Waals surface area contributed by atoms with Gasteiger partial charge in [-0.25, -0.2) is 0 Å². The molecule has 11 nitrogen and oxygen atoms in total. The number of halogens is 1. The average molecular weight is 701 g/mol. The number of allylic oxidation sites excluding steroid dienone is 2. The monoisotopic (exact) mass is 699 g/mol. The van der Waals surface area contributed by atoms with Crippen LogP contribution in [0, 0.1) is 0 Å². The third kappa shape index (κ3) is 7.91. The first-order valence-corrected chi connectivity index (χ1v) is 16.8. The predicted molar refractivity (Wildman–Crippen MR) is 180 cm³/mol. The topological polar surface area (TPSA) is 108 Å². The van der Waals surface area contributed by atoms with E-state index in [4.69, 9.17) is 23.7 Å². The molecule has 0 bridgehead atoms. The number of alkyl halides is 1. The van der Waals surface area contributed by atoms with Crippen molar-refractivity contribution in [3.05, 3.63) is 59.7 Å². The van der Waals surface area contributed by atoms with Crippen molar-refractivity contribution in [2.75, 3.05) is 73.7 Å². The van der Waals surface area contributed by atoms with Crippen LogP contribution in [-0.4, -0.2) is 115 Å². The minimum absolute atomic E-state index is 0.0640. The molecule has 3 atom stereocenters. The van der Waals surface area contributed by atoms with Crippen LogP contribution in [0.2, 0.25) is 0 Å². The molecule has 0 radical (unpaired) electrons. The molecule has 250 valence electrons. The van der Waals surface area contributed by atoms with E-state index in [-0.39, 0.29) is 43.0 Å². The average Bonchev–Trinajstić information content (AvgIpc) is 3.62. The number of carbonyl (C=O) groups is 1. The number of ether oxygens (including phenoxy) is 5. The van der Waals surface area contributed by atoms with Crippen LogP contribution >= 0.6 is 15.9 Å². The van der Waals surface area contributed by atoms with Crippen LogP contribution in [0.15, 0.2) is 48.6 Å². The molecular formula is C34H46BrN5O6. The fourth-order valence-electron chi connectivity index (χ4n) is 6.10. The molecule has 1 aromatic carbocycles. The Hall–Kier alpha value is -3.03. The summed E-state index contributed by atoms with van der Waals surface area (Å²) in [7, 11) is 5.16. The summed E-state index contributed by atoms with van der Waals surface area (Å²) in [5.41, 5.74) is 1.68. The number of methoxy groups -OCH3 is 2. The van der Waals surface area contributed by atoms with E-state index >= 15 is 0 Å². The smallest absolute Gasteiger partial charge is 0.323 e. The van der Waals surface area contributed by atoms with E-state index in [0.29, 0.717) is 12.2 Å². The first-order valence-electron chi connectivity index (χ1n) is 16.0. The summed E-state index contributed by atoms with van der Waals surface area (Å²) in [5, 5.41) is 3.15. The lowest BCUT2D eigenvalue weighted by Gasteiger charge is -2.46. The Morgan fingerprint density at radius 3 is 2.46 bits per heavy atom. The first-order chi connectivity index (χ1) is 22.3. The number of benzene rings is 1.